The van der Waals surface area contributed by atoms with Crippen LogP contribution in [-0.4, -0.2) is 99.8 Å². The van der Waals surface area contributed by atoms with Crippen molar-refractivity contribution in [1.82, 2.24) is 30.0 Å². The van der Waals surface area contributed by atoms with Crippen LogP contribution in [0.3, 0.4) is 0 Å². The highest BCUT2D eigenvalue weighted by Gasteiger charge is 2.34. The first-order valence-electron chi connectivity index (χ1n) is 26.5. The number of imide groups is 1. The molecule has 4 aliphatic rings. The summed E-state index contributed by atoms with van der Waals surface area (Å²) < 4.78 is 15.3. The van der Waals surface area contributed by atoms with Crippen molar-refractivity contribution in [2.75, 3.05) is 61.0 Å². The molecule has 4 aromatic carbocycles. The quantitative estimate of drug-likeness (QED) is 0.0603. The summed E-state index contributed by atoms with van der Waals surface area (Å²) in [6.45, 7) is 14.8. The van der Waals surface area contributed by atoms with Crippen LogP contribution in [-0.2, 0) is 34.3 Å². The van der Waals surface area contributed by atoms with Crippen molar-refractivity contribution < 1.29 is 28.7 Å². The highest BCUT2D eigenvalue weighted by Crippen LogP contribution is 2.38. The van der Waals surface area contributed by atoms with Gasteiger partial charge in [-0.3, -0.25) is 29.7 Å². The van der Waals surface area contributed by atoms with Crippen molar-refractivity contribution in [3.05, 3.63) is 125 Å². The van der Waals surface area contributed by atoms with Crippen molar-refractivity contribution in [3.8, 4) is 16.9 Å². The molecular weight excluding hydrogens is 963 g/mol. The smallest absolute Gasteiger partial charge is 0.358 e. The second-order valence-corrected chi connectivity index (χ2v) is 22.8. The summed E-state index contributed by atoms with van der Waals surface area (Å²) in [6, 6.07) is 30.0. The van der Waals surface area contributed by atoms with E-state index in [-0.39, 0.29) is 23.4 Å². The van der Waals surface area contributed by atoms with Crippen LogP contribution in [0.1, 0.15) is 108 Å². The van der Waals surface area contributed by atoms with Gasteiger partial charge in [-0.2, -0.15) is 5.10 Å². The van der Waals surface area contributed by atoms with Gasteiger partial charge in [0.1, 0.15) is 17.2 Å². The number of pyridine rings is 1. The summed E-state index contributed by atoms with van der Waals surface area (Å²) in [7, 11) is 1.92. The average molecular weight is 1030 g/mol. The first-order valence-corrected chi connectivity index (χ1v) is 27.3. The van der Waals surface area contributed by atoms with Gasteiger partial charge in [0.05, 0.1) is 34.0 Å². The molecular formula is C59H65N9O6S. The minimum Gasteiger partial charge on any atom is -0.493 e. The van der Waals surface area contributed by atoms with Gasteiger partial charge < -0.3 is 24.2 Å². The Balaban J connectivity index is 0.680. The minimum atomic E-state index is -0.731. The lowest BCUT2D eigenvalue weighted by Gasteiger charge is -2.44. The van der Waals surface area contributed by atoms with Gasteiger partial charge in [0.2, 0.25) is 11.8 Å². The monoisotopic (exact) mass is 1030 g/mol. The summed E-state index contributed by atoms with van der Waals surface area (Å²) in [5.74, 6) is 1.15. The van der Waals surface area contributed by atoms with E-state index in [1.165, 1.54) is 29.9 Å². The zero-order valence-corrected chi connectivity index (χ0v) is 44.3. The number of nitrogens with zero attached hydrogens (tertiary/aromatic N) is 7. The van der Waals surface area contributed by atoms with Crippen molar-refractivity contribution >= 4 is 72.8 Å². The van der Waals surface area contributed by atoms with E-state index >= 15 is 0 Å². The van der Waals surface area contributed by atoms with Crippen LogP contribution in [0.15, 0.2) is 91.0 Å². The predicted octanol–water partition coefficient (Wildman–Crippen LogP) is 9.85. The number of hydrogen-bond donors (Lipinski definition) is 2. The molecule has 0 bridgehead atoms. The summed E-state index contributed by atoms with van der Waals surface area (Å²) in [5, 5.41) is 11.8. The Morgan fingerprint density at radius 3 is 2.47 bits per heavy atom. The third-order valence-electron chi connectivity index (χ3n) is 15.4. The Hall–Kier alpha value is -7.17. The zero-order valence-electron chi connectivity index (χ0n) is 43.5. The number of para-hydroxylation sites is 1. The number of esters is 1. The number of benzene rings is 4. The van der Waals surface area contributed by atoms with E-state index in [2.05, 4.69) is 54.6 Å². The fourth-order valence-corrected chi connectivity index (χ4v) is 12.3. The number of carbonyl (C=O) groups is 4. The normalized spacial score (nSPS) is 17.7. The van der Waals surface area contributed by atoms with Crippen LogP contribution in [0.4, 0.5) is 16.6 Å². The van der Waals surface area contributed by atoms with Crippen LogP contribution < -0.4 is 25.2 Å². The number of fused-ring (bicyclic) bond motifs is 3. The van der Waals surface area contributed by atoms with Crippen LogP contribution in [0.2, 0.25) is 0 Å². The van der Waals surface area contributed by atoms with Gasteiger partial charge in [0.15, 0.2) is 10.8 Å². The number of carbonyl (C=O) groups excluding carboxylic acids is 4. The lowest BCUT2D eigenvalue weighted by atomic mass is 9.90. The number of hydrogen-bond acceptors (Lipinski definition) is 13. The van der Waals surface area contributed by atoms with E-state index in [9.17, 15) is 19.2 Å². The van der Waals surface area contributed by atoms with E-state index in [1.807, 2.05) is 106 Å². The Labute approximate surface area is 441 Å². The maximum atomic E-state index is 14.1. The fourth-order valence-electron chi connectivity index (χ4n) is 11.4. The molecule has 1 atom stereocenters. The first kappa shape index (κ1) is 50.0. The first-order chi connectivity index (χ1) is 36.2. The Morgan fingerprint density at radius 1 is 0.853 bits per heavy atom. The average Bonchev–Trinajstić information content (AvgIpc) is 3.95. The van der Waals surface area contributed by atoms with Crippen molar-refractivity contribution in [2.45, 2.75) is 90.7 Å². The van der Waals surface area contributed by atoms with Gasteiger partial charge in [0.25, 0.3) is 5.91 Å². The van der Waals surface area contributed by atoms with Crippen LogP contribution >= 0.6 is 11.3 Å². The number of nitrogens with one attached hydrogen (secondary N) is 2. The molecule has 16 heteroatoms. The number of thiazole rings is 1. The largest absolute Gasteiger partial charge is 0.493 e. The van der Waals surface area contributed by atoms with E-state index in [4.69, 9.17) is 19.6 Å². The molecule has 2 N–H and O–H groups in total. The van der Waals surface area contributed by atoms with E-state index < -0.39 is 17.5 Å². The molecule has 75 heavy (non-hydrogen) atoms. The standard InChI is InChI=1S/C59H65N9O6S/c1-36-41(42-20-22-51(61-54(42)57(72)74-59(2,3)4)67-29-26-39-12-8-14-43(46(39)35-67)55(70)63-58-60-47-15-6-7-17-50(47)75-58)13-9-16-49(36)73-30-10-11-37-24-27-66(28-25-37)32-38-33-68(34-38)40-18-19-44-48(31-40)65(5)64-53(44)45-21-23-52(69)62-56(45)71/h6-9,12-20,22,31,37-38,45H,10-11,21,23-30,32-35H2,1-5H3,(H,60,63,70)(H,62,69,71). The molecule has 388 valence electrons. The number of piperidine rings is 2. The van der Waals surface area contributed by atoms with Gasteiger partial charge in [-0.15, -0.1) is 0 Å². The summed E-state index contributed by atoms with van der Waals surface area (Å²) in [5.41, 5.74) is 8.40. The van der Waals surface area contributed by atoms with E-state index in [1.54, 1.807) is 0 Å². The molecule has 15 nitrogen and oxygen atoms in total. The third-order valence-corrected chi connectivity index (χ3v) is 16.3. The molecule has 0 spiro atoms. The van der Waals surface area contributed by atoms with Gasteiger partial charge in [-0.1, -0.05) is 47.7 Å². The van der Waals surface area contributed by atoms with Crippen molar-refractivity contribution in [3.63, 3.8) is 0 Å². The van der Waals surface area contributed by atoms with Crippen LogP contribution in [0, 0.1) is 18.8 Å². The zero-order chi connectivity index (χ0) is 52.0. The maximum absolute atomic E-state index is 14.1. The highest BCUT2D eigenvalue weighted by atomic mass is 32.1. The topological polar surface area (TPSA) is 164 Å². The molecule has 0 saturated carbocycles. The van der Waals surface area contributed by atoms with E-state index in [0.29, 0.717) is 72.9 Å². The Bertz CT molecular complexity index is 3300. The number of amides is 3. The van der Waals surface area contributed by atoms with Gasteiger partial charge in [-0.05, 0) is 162 Å². The third kappa shape index (κ3) is 10.7. The molecule has 7 aromatic rings. The van der Waals surface area contributed by atoms with Gasteiger partial charge in [-0.25, -0.2) is 14.8 Å². The number of ether oxygens (including phenoxy) is 2. The Kier molecular flexibility index (Phi) is 13.9. The second kappa shape index (κ2) is 20.9. The lowest BCUT2D eigenvalue weighted by molar-refractivity contribution is -0.134. The molecule has 7 heterocycles. The number of likely N-dealkylation sites (tertiary alicyclic amines) is 1. The SMILES string of the molecule is Cc1c(OCCCC2CCN(CC3CN(c4ccc5c(C6CCC(=O)NC6=O)nn(C)c5c4)C3)CC2)cccc1-c1ccc(N2CCc3cccc(C(=O)Nc4nc5ccccc5s4)c3C2)nc1C(=O)OC(C)(C)C. The lowest BCUT2D eigenvalue weighted by Crippen LogP contribution is -2.52. The molecule has 0 radical (unpaired) electrons. The van der Waals surface area contributed by atoms with E-state index in [0.717, 1.165) is 100 Å². The van der Waals surface area contributed by atoms with Crippen LogP contribution in [0.25, 0.3) is 32.2 Å². The number of aromatic nitrogens is 4. The molecule has 3 amide bonds. The number of aryl methyl sites for hydroxylation is 1. The second-order valence-electron chi connectivity index (χ2n) is 21.8. The maximum Gasteiger partial charge on any atom is 0.358 e. The Morgan fingerprint density at radius 2 is 1.67 bits per heavy atom. The summed E-state index contributed by atoms with van der Waals surface area (Å²) in [4.78, 5) is 69.1. The fraction of sp³-hybridized carbons (Fsp3) is 0.407. The molecule has 1 unspecified atom stereocenters. The van der Waals surface area contributed by atoms with Crippen molar-refractivity contribution in [2.24, 2.45) is 18.9 Å². The summed E-state index contributed by atoms with van der Waals surface area (Å²) in [6.07, 6.45) is 6.01. The van der Waals surface area contributed by atoms with Gasteiger partial charge >= 0.3 is 5.97 Å². The number of anilines is 3. The molecule has 3 aromatic heterocycles. The van der Waals surface area contributed by atoms with Crippen LogP contribution in [0.5, 0.6) is 5.75 Å². The molecule has 11 rings (SSSR count). The molecule has 3 saturated heterocycles. The highest BCUT2D eigenvalue weighted by molar-refractivity contribution is 7.22. The van der Waals surface area contributed by atoms with Gasteiger partial charge in [0, 0.05) is 74.3 Å². The predicted molar refractivity (Wildman–Crippen MR) is 294 cm³/mol. The molecule has 3 fully saturated rings. The molecule has 0 aliphatic carbocycles. The number of rotatable bonds is 14. The molecule has 4 aliphatic heterocycles. The van der Waals surface area contributed by atoms with Crippen molar-refractivity contribution in [1.29, 1.82) is 0 Å². The minimum absolute atomic E-state index is 0.206. The summed E-state index contributed by atoms with van der Waals surface area (Å²) >= 11 is 1.45.